The Hall–Kier alpha value is -2.09. The van der Waals surface area contributed by atoms with Crippen molar-refractivity contribution in [1.29, 1.82) is 0 Å². The van der Waals surface area contributed by atoms with Crippen LogP contribution in [-0.4, -0.2) is 30.4 Å². The second-order valence-corrected chi connectivity index (χ2v) is 5.61. The van der Waals surface area contributed by atoms with E-state index >= 15 is 0 Å². The molecule has 19 heavy (non-hydrogen) atoms. The van der Waals surface area contributed by atoms with Crippen molar-refractivity contribution in [3.63, 3.8) is 0 Å². The first kappa shape index (κ1) is 13.3. The molecule has 1 aromatic heterocycles. The lowest BCUT2D eigenvalue weighted by Crippen LogP contribution is -2.23. The summed E-state index contributed by atoms with van der Waals surface area (Å²) < 4.78 is 30.8. The number of ether oxygens (including phenoxy) is 1. The van der Waals surface area contributed by atoms with Gasteiger partial charge < -0.3 is 4.74 Å². The maximum Gasteiger partial charge on any atom is 0.275 e. The quantitative estimate of drug-likeness (QED) is 0.898. The van der Waals surface area contributed by atoms with Gasteiger partial charge in [0.05, 0.1) is 12.0 Å². The fourth-order valence-corrected chi connectivity index (χ4v) is 2.99. The third-order valence-corrected chi connectivity index (χ3v) is 4.31. The Bertz CT molecular complexity index is 680. The molecule has 1 heterocycles. The molecule has 0 spiro atoms. The summed E-state index contributed by atoms with van der Waals surface area (Å²) in [5, 5.41) is 7.07. The first-order valence-corrected chi connectivity index (χ1v) is 6.95. The molecule has 0 aliphatic heterocycles. The molecule has 102 valence electrons. The van der Waals surface area contributed by atoms with E-state index < -0.39 is 10.0 Å². The summed E-state index contributed by atoms with van der Waals surface area (Å²) in [6.07, 6.45) is 2.53. The Labute approximate surface area is 111 Å². The van der Waals surface area contributed by atoms with Crippen molar-refractivity contribution < 1.29 is 13.2 Å². The van der Waals surface area contributed by atoms with Gasteiger partial charge in [-0.05, 0) is 37.1 Å². The minimum atomic E-state index is -3.68. The van der Waals surface area contributed by atoms with Crippen molar-refractivity contribution in [3.8, 4) is 5.75 Å². The zero-order valence-electron chi connectivity index (χ0n) is 10.8. The number of methoxy groups -OCH3 is 1. The molecular formula is C11H14N4O3S. The van der Waals surface area contributed by atoms with Crippen molar-refractivity contribution in [3.05, 3.63) is 35.9 Å². The second kappa shape index (κ2) is 4.88. The van der Waals surface area contributed by atoms with E-state index in [-0.39, 0.29) is 4.90 Å². The molecule has 1 aromatic carbocycles. The van der Waals surface area contributed by atoms with Crippen molar-refractivity contribution in [2.45, 2.75) is 18.7 Å². The van der Waals surface area contributed by atoms with E-state index in [4.69, 9.17) is 4.74 Å². The van der Waals surface area contributed by atoms with Gasteiger partial charge in [0.15, 0.2) is 0 Å². The van der Waals surface area contributed by atoms with Gasteiger partial charge in [0, 0.05) is 0 Å². The van der Waals surface area contributed by atoms with Crippen LogP contribution < -0.4 is 9.57 Å². The molecule has 8 heteroatoms. The minimum Gasteiger partial charge on any atom is -0.496 e. The topological polar surface area (TPSA) is 86.1 Å². The zero-order valence-corrected chi connectivity index (χ0v) is 11.6. The number of nitrogens with one attached hydrogen (secondary N) is 1. The fraction of sp³-hybridized carbons (Fsp3) is 0.273. The maximum absolute atomic E-state index is 12.2. The Balaban J connectivity index is 2.44. The Kier molecular flexibility index (Phi) is 3.43. The highest BCUT2D eigenvalue weighted by Gasteiger charge is 2.19. The summed E-state index contributed by atoms with van der Waals surface area (Å²) in [4.78, 5) is 2.54. The molecule has 0 amide bonds. The third-order valence-electron chi connectivity index (χ3n) is 2.84. The number of aromatic nitrogens is 3. The van der Waals surface area contributed by atoms with Crippen molar-refractivity contribution in [1.82, 2.24) is 14.9 Å². The standard InChI is InChI=1S/C11H14N4O3S/c1-8-9(2)11(5-4-10(8)18-3)19(16,17)14-15-6-12-13-7-15/h4-7,14H,1-3H3. The number of sulfonamides is 1. The molecule has 0 unspecified atom stereocenters. The predicted molar refractivity (Wildman–Crippen MR) is 69.0 cm³/mol. The first-order valence-electron chi connectivity index (χ1n) is 5.47. The van der Waals surface area contributed by atoms with E-state index in [2.05, 4.69) is 15.0 Å². The summed E-state index contributed by atoms with van der Waals surface area (Å²) in [6, 6.07) is 3.14. The monoisotopic (exact) mass is 282 g/mol. The lowest BCUT2D eigenvalue weighted by Gasteiger charge is -2.14. The zero-order chi connectivity index (χ0) is 14.0. The molecular weight excluding hydrogens is 268 g/mol. The molecule has 0 saturated carbocycles. The highest BCUT2D eigenvalue weighted by molar-refractivity contribution is 7.92. The number of benzene rings is 1. The molecule has 7 nitrogen and oxygen atoms in total. The van der Waals surface area contributed by atoms with Crippen LogP contribution >= 0.6 is 0 Å². The van der Waals surface area contributed by atoms with Gasteiger partial charge >= 0.3 is 0 Å². The summed E-state index contributed by atoms with van der Waals surface area (Å²) in [7, 11) is -2.14. The third kappa shape index (κ3) is 2.53. The van der Waals surface area contributed by atoms with Crippen LogP contribution in [-0.2, 0) is 10.0 Å². The lowest BCUT2D eigenvalue weighted by atomic mass is 10.1. The molecule has 0 bridgehead atoms. The van der Waals surface area contributed by atoms with E-state index in [1.54, 1.807) is 20.1 Å². The van der Waals surface area contributed by atoms with Gasteiger partial charge in [0.2, 0.25) is 0 Å². The number of hydrogen-bond donors (Lipinski definition) is 1. The molecule has 0 atom stereocenters. The van der Waals surface area contributed by atoms with E-state index in [1.807, 2.05) is 6.92 Å². The largest absolute Gasteiger partial charge is 0.496 e. The van der Waals surface area contributed by atoms with Gasteiger partial charge in [-0.2, -0.15) is 8.42 Å². The average Bonchev–Trinajstić information content (AvgIpc) is 2.84. The minimum absolute atomic E-state index is 0.194. The summed E-state index contributed by atoms with van der Waals surface area (Å²) >= 11 is 0. The number of nitrogens with zero attached hydrogens (tertiary/aromatic N) is 3. The van der Waals surface area contributed by atoms with Crippen LogP contribution in [0.25, 0.3) is 0 Å². The molecule has 0 radical (unpaired) electrons. The van der Waals surface area contributed by atoms with Gasteiger partial charge in [0.1, 0.15) is 18.4 Å². The van der Waals surface area contributed by atoms with Crippen LogP contribution in [0.15, 0.2) is 29.7 Å². The van der Waals surface area contributed by atoms with Crippen LogP contribution in [0.2, 0.25) is 0 Å². The molecule has 2 aromatic rings. The smallest absolute Gasteiger partial charge is 0.275 e. The maximum atomic E-state index is 12.2. The van der Waals surface area contributed by atoms with Crippen LogP contribution in [0.1, 0.15) is 11.1 Å². The Morgan fingerprint density at radius 3 is 2.37 bits per heavy atom. The fourth-order valence-electron chi connectivity index (χ4n) is 1.72. The SMILES string of the molecule is COc1ccc(S(=O)(=O)Nn2cnnc2)c(C)c1C. The Morgan fingerprint density at radius 2 is 1.79 bits per heavy atom. The normalized spacial score (nSPS) is 11.3. The first-order chi connectivity index (χ1) is 8.95. The molecule has 0 saturated heterocycles. The average molecular weight is 282 g/mol. The van der Waals surface area contributed by atoms with Gasteiger partial charge in [0.25, 0.3) is 10.0 Å². The van der Waals surface area contributed by atoms with Crippen LogP contribution in [0, 0.1) is 13.8 Å². The van der Waals surface area contributed by atoms with Gasteiger partial charge in [-0.3, -0.25) is 0 Å². The summed E-state index contributed by atoms with van der Waals surface area (Å²) in [6.45, 7) is 3.55. The predicted octanol–water partition coefficient (Wildman–Crippen LogP) is 0.836. The van der Waals surface area contributed by atoms with E-state index in [1.165, 1.54) is 23.4 Å². The van der Waals surface area contributed by atoms with E-state index in [0.717, 1.165) is 5.56 Å². The van der Waals surface area contributed by atoms with Crippen molar-refractivity contribution in [2.24, 2.45) is 0 Å². The van der Waals surface area contributed by atoms with Crippen molar-refractivity contribution >= 4 is 10.0 Å². The molecule has 1 N–H and O–H groups in total. The van der Waals surface area contributed by atoms with Crippen LogP contribution in [0.5, 0.6) is 5.75 Å². The summed E-state index contributed by atoms with van der Waals surface area (Å²) in [5.74, 6) is 0.653. The van der Waals surface area contributed by atoms with Gasteiger partial charge in [-0.15, -0.1) is 10.2 Å². The molecule has 0 aliphatic carbocycles. The Morgan fingerprint density at radius 1 is 1.16 bits per heavy atom. The van der Waals surface area contributed by atoms with E-state index in [0.29, 0.717) is 11.3 Å². The second-order valence-electron chi connectivity index (χ2n) is 3.98. The van der Waals surface area contributed by atoms with Gasteiger partial charge in [-0.1, -0.05) is 0 Å². The molecule has 0 aliphatic rings. The highest BCUT2D eigenvalue weighted by Crippen LogP contribution is 2.26. The van der Waals surface area contributed by atoms with Crippen LogP contribution in [0.3, 0.4) is 0 Å². The number of rotatable bonds is 4. The van der Waals surface area contributed by atoms with Crippen molar-refractivity contribution in [2.75, 3.05) is 11.9 Å². The summed E-state index contributed by atoms with van der Waals surface area (Å²) in [5.41, 5.74) is 1.43. The highest BCUT2D eigenvalue weighted by atomic mass is 32.2. The number of hydrogen-bond acceptors (Lipinski definition) is 5. The lowest BCUT2D eigenvalue weighted by molar-refractivity contribution is 0.410. The molecule has 0 fully saturated rings. The van der Waals surface area contributed by atoms with Gasteiger partial charge in [-0.25, -0.2) is 9.51 Å². The van der Waals surface area contributed by atoms with E-state index in [9.17, 15) is 8.42 Å². The molecule has 2 rings (SSSR count). The van der Waals surface area contributed by atoms with Crippen LogP contribution in [0.4, 0.5) is 0 Å².